The largest absolute Gasteiger partial charge is 0.409 e. The van der Waals surface area contributed by atoms with Gasteiger partial charge in [-0.05, 0) is 43.7 Å². The third kappa shape index (κ3) is 2.92. The number of amides is 1. The Hall–Kier alpha value is -2.04. The molecule has 108 valence electrons. The van der Waals surface area contributed by atoms with Crippen LogP contribution in [0.3, 0.4) is 0 Å². The van der Waals surface area contributed by atoms with Crippen LogP contribution in [0.25, 0.3) is 0 Å². The number of carbonyl (C=O) groups is 1. The smallest absolute Gasteiger partial charge is 0.252 e. The van der Waals surface area contributed by atoms with Crippen LogP contribution in [0.1, 0.15) is 43.0 Å². The molecule has 0 aromatic heterocycles. The van der Waals surface area contributed by atoms with E-state index in [1.54, 1.807) is 12.1 Å². The van der Waals surface area contributed by atoms with E-state index in [1.165, 1.54) is 0 Å². The number of nitrogens with zero attached hydrogens (tertiary/aromatic N) is 1. The second-order valence-electron chi connectivity index (χ2n) is 5.57. The molecule has 1 aliphatic rings. The molecular formula is C15H21N3O2. The molecule has 0 spiro atoms. The topological polar surface area (TPSA) is 87.7 Å². The van der Waals surface area contributed by atoms with Crippen molar-refractivity contribution in [3.63, 3.8) is 0 Å². The SMILES string of the molecule is CC1CCC(NC(=O)c2ccccc2)(/C(N)=N/O)CC1. The van der Waals surface area contributed by atoms with E-state index < -0.39 is 5.54 Å². The molecule has 2 rings (SSSR count). The van der Waals surface area contributed by atoms with E-state index in [-0.39, 0.29) is 11.7 Å². The van der Waals surface area contributed by atoms with Gasteiger partial charge >= 0.3 is 0 Å². The molecule has 0 aliphatic heterocycles. The summed E-state index contributed by atoms with van der Waals surface area (Å²) in [6.07, 6.45) is 3.29. The Bertz CT molecular complexity index is 491. The minimum atomic E-state index is -0.728. The Morgan fingerprint density at radius 1 is 1.35 bits per heavy atom. The van der Waals surface area contributed by atoms with Gasteiger partial charge in [-0.1, -0.05) is 30.3 Å². The molecule has 0 heterocycles. The zero-order valence-corrected chi connectivity index (χ0v) is 11.7. The van der Waals surface area contributed by atoms with Crippen LogP contribution in [-0.4, -0.2) is 22.5 Å². The van der Waals surface area contributed by atoms with E-state index in [1.807, 2.05) is 18.2 Å². The molecule has 4 N–H and O–H groups in total. The number of nitrogens with one attached hydrogen (secondary N) is 1. The summed E-state index contributed by atoms with van der Waals surface area (Å²) in [5.41, 5.74) is 5.69. The maximum absolute atomic E-state index is 12.3. The summed E-state index contributed by atoms with van der Waals surface area (Å²) in [4.78, 5) is 12.3. The van der Waals surface area contributed by atoms with Gasteiger partial charge in [-0.25, -0.2) is 0 Å². The van der Waals surface area contributed by atoms with Gasteiger partial charge < -0.3 is 16.3 Å². The average Bonchev–Trinajstić information content (AvgIpc) is 2.49. The summed E-state index contributed by atoms with van der Waals surface area (Å²) in [5.74, 6) is 0.503. The summed E-state index contributed by atoms with van der Waals surface area (Å²) >= 11 is 0. The summed E-state index contributed by atoms with van der Waals surface area (Å²) in [6.45, 7) is 2.18. The standard InChI is InChI=1S/C15H21N3O2/c1-11-7-9-15(10-8-11,14(16)18-20)17-13(19)12-5-3-2-4-6-12/h2-6,11,20H,7-10H2,1H3,(H2,16,18)(H,17,19). The van der Waals surface area contributed by atoms with E-state index in [0.717, 1.165) is 12.8 Å². The lowest BCUT2D eigenvalue weighted by Crippen LogP contribution is -2.59. The third-order valence-electron chi connectivity index (χ3n) is 4.11. The first-order chi connectivity index (χ1) is 9.57. The molecule has 5 nitrogen and oxygen atoms in total. The molecule has 1 aromatic rings. The fourth-order valence-electron chi connectivity index (χ4n) is 2.67. The number of rotatable bonds is 3. The molecule has 0 saturated heterocycles. The van der Waals surface area contributed by atoms with Crippen LogP contribution in [0, 0.1) is 5.92 Å². The molecule has 1 amide bonds. The van der Waals surface area contributed by atoms with E-state index in [9.17, 15) is 4.79 Å². The van der Waals surface area contributed by atoms with Crippen LogP contribution in [0.4, 0.5) is 0 Å². The number of hydrogen-bond donors (Lipinski definition) is 3. The summed E-state index contributed by atoms with van der Waals surface area (Å²) in [6, 6.07) is 8.99. The molecule has 0 radical (unpaired) electrons. The van der Waals surface area contributed by atoms with Crippen LogP contribution < -0.4 is 11.1 Å². The molecular weight excluding hydrogens is 254 g/mol. The van der Waals surface area contributed by atoms with E-state index in [0.29, 0.717) is 24.3 Å². The molecule has 20 heavy (non-hydrogen) atoms. The van der Waals surface area contributed by atoms with Crippen molar-refractivity contribution in [2.75, 3.05) is 0 Å². The number of amidine groups is 1. The predicted molar refractivity (Wildman–Crippen MR) is 77.7 cm³/mol. The molecule has 1 aromatic carbocycles. The fourth-order valence-corrected chi connectivity index (χ4v) is 2.67. The van der Waals surface area contributed by atoms with Crippen molar-refractivity contribution in [3.8, 4) is 0 Å². The highest BCUT2D eigenvalue weighted by Crippen LogP contribution is 2.32. The molecule has 0 atom stereocenters. The summed E-state index contributed by atoms with van der Waals surface area (Å²) in [5, 5.41) is 15.1. The number of hydrogen-bond acceptors (Lipinski definition) is 3. The van der Waals surface area contributed by atoms with Gasteiger partial charge in [-0.15, -0.1) is 0 Å². The second-order valence-corrected chi connectivity index (χ2v) is 5.57. The number of benzene rings is 1. The molecule has 1 fully saturated rings. The average molecular weight is 275 g/mol. The van der Waals surface area contributed by atoms with Gasteiger partial charge in [0.05, 0.1) is 0 Å². The fraction of sp³-hybridized carbons (Fsp3) is 0.467. The molecule has 1 saturated carbocycles. The van der Waals surface area contributed by atoms with Crippen molar-refractivity contribution >= 4 is 11.7 Å². The lowest BCUT2D eigenvalue weighted by molar-refractivity contribution is 0.0897. The molecule has 0 bridgehead atoms. The van der Waals surface area contributed by atoms with Crippen molar-refractivity contribution < 1.29 is 10.0 Å². The van der Waals surface area contributed by atoms with Gasteiger partial charge in [0, 0.05) is 5.56 Å². The molecule has 5 heteroatoms. The van der Waals surface area contributed by atoms with Gasteiger partial charge in [0.1, 0.15) is 5.54 Å². The minimum absolute atomic E-state index is 0.0914. The van der Waals surface area contributed by atoms with Crippen LogP contribution >= 0.6 is 0 Å². The van der Waals surface area contributed by atoms with Gasteiger partial charge in [-0.2, -0.15) is 0 Å². The van der Waals surface area contributed by atoms with E-state index in [2.05, 4.69) is 17.4 Å². The van der Waals surface area contributed by atoms with Crippen LogP contribution in [-0.2, 0) is 0 Å². The number of oxime groups is 1. The number of carbonyl (C=O) groups excluding carboxylic acids is 1. The summed E-state index contributed by atoms with van der Waals surface area (Å²) in [7, 11) is 0. The maximum atomic E-state index is 12.3. The Kier molecular flexibility index (Phi) is 4.27. The quantitative estimate of drug-likeness (QED) is 0.342. The first-order valence-corrected chi connectivity index (χ1v) is 6.93. The van der Waals surface area contributed by atoms with Crippen LogP contribution in [0.15, 0.2) is 35.5 Å². The van der Waals surface area contributed by atoms with Crippen molar-refractivity contribution in [2.24, 2.45) is 16.8 Å². The highest BCUT2D eigenvalue weighted by molar-refractivity contribution is 6.00. The zero-order valence-electron chi connectivity index (χ0n) is 11.7. The third-order valence-corrected chi connectivity index (χ3v) is 4.11. The van der Waals surface area contributed by atoms with Crippen molar-refractivity contribution in [1.82, 2.24) is 5.32 Å². The van der Waals surface area contributed by atoms with Gasteiger partial charge in [0.2, 0.25) is 0 Å². The van der Waals surface area contributed by atoms with E-state index in [4.69, 9.17) is 10.9 Å². The Labute approximate surface area is 118 Å². The lowest BCUT2D eigenvalue weighted by Gasteiger charge is -2.38. The highest BCUT2D eigenvalue weighted by Gasteiger charge is 2.39. The Morgan fingerprint density at radius 3 is 2.50 bits per heavy atom. The monoisotopic (exact) mass is 275 g/mol. The number of nitrogens with two attached hydrogens (primary N) is 1. The van der Waals surface area contributed by atoms with Gasteiger partial charge in [0.15, 0.2) is 5.84 Å². The Balaban J connectivity index is 2.19. The maximum Gasteiger partial charge on any atom is 0.252 e. The van der Waals surface area contributed by atoms with Crippen molar-refractivity contribution in [3.05, 3.63) is 35.9 Å². The van der Waals surface area contributed by atoms with Gasteiger partial charge in [-0.3, -0.25) is 4.79 Å². The van der Waals surface area contributed by atoms with Crippen molar-refractivity contribution in [2.45, 2.75) is 38.1 Å². The molecule has 1 aliphatic carbocycles. The van der Waals surface area contributed by atoms with E-state index >= 15 is 0 Å². The molecule has 0 unspecified atom stereocenters. The Morgan fingerprint density at radius 2 is 1.95 bits per heavy atom. The normalized spacial score (nSPS) is 27.1. The highest BCUT2D eigenvalue weighted by atomic mass is 16.4. The van der Waals surface area contributed by atoms with Crippen LogP contribution in [0.5, 0.6) is 0 Å². The van der Waals surface area contributed by atoms with Crippen LogP contribution in [0.2, 0.25) is 0 Å². The minimum Gasteiger partial charge on any atom is -0.409 e. The zero-order chi connectivity index (χ0) is 14.6. The lowest BCUT2D eigenvalue weighted by atomic mass is 9.76. The van der Waals surface area contributed by atoms with Crippen molar-refractivity contribution in [1.29, 1.82) is 0 Å². The second kappa shape index (κ2) is 5.94. The van der Waals surface area contributed by atoms with Gasteiger partial charge in [0.25, 0.3) is 5.91 Å². The summed E-state index contributed by atoms with van der Waals surface area (Å²) < 4.78 is 0. The predicted octanol–water partition coefficient (Wildman–Crippen LogP) is 2.11. The first-order valence-electron chi connectivity index (χ1n) is 6.93. The first kappa shape index (κ1) is 14.4.